The number of anilines is 1. The third-order valence-corrected chi connectivity index (χ3v) is 3.26. The van der Waals surface area contributed by atoms with Crippen molar-refractivity contribution < 1.29 is 8.94 Å². The fourth-order valence-electron chi connectivity index (χ4n) is 2.28. The second-order valence-electron chi connectivity index (χ2n) is 5.10. The second-order valence-corrected chi connectivity index (χ2v) is 5.10. The van der Waals surface area contributed by atoms with Crippen LogP contribution in [0, 0.1) is 6.92 Å². The number of rotatable bonds is 3. The molecule has 0 N–H and O–H groups in total. The first-order chi connectivity index (χ1) is 9.15. The van der Waals surface area contributed by atoms with Crippen LogP contribution in [0.3, 0.4) is 0 Å². The molecule has 1 aliphatic heterocycles. The molecule has 0 saturated carbocycles. The standard InChI is InChI=1S/C12H17N5O2/c1-7(2)11-13-10(16-19-11)9-5-4-6-17(9)12-15-14-8(3)18-12/h7,9H,4-6H2,1-3H3. The molecule has 1 saturated heterocycles. The molecule has 1 aliphatic rings. The Morgan fingerprint density at radius 2 is 2.16 bits per heavy atom. The largest absolute Gasteiger partial charge is 0.408 e. The van der Waals surface area contributed by atoms with E-state index in [2.05, 4.69) is 25.2 Å². The topological polar surface area (TPSA) is 81.1 Å². The van der Waals surface area contributed by atoms with Crippen LogP contribution in [0.2, 0.25) is 0 Å². The first kappa shape index (κ1) is 12.1. The van der Waals surface area contributed by atoms with E-state index in [0.717, 1.165) is 19.4 Å². The van der Waals surface area contributed by atoms with Gasteiger partial charge >= 0.3 is 6.01 Å². The van der Waals surface area contributed by atoms with E-state index in [4.69, 9.17) is 8.94 Å². The molecule has 0 radical (unpaired) electrons. The van der Waals surface area contributed by atoms with Gasteiger partial charge in [-0.3, -0.25) is 0 Å². The summed E-state index contributed by atoms with van der Waals surface area (Å²) in [6.07, 6.45) is 2.02. The third kappa shape index (κ3) is 2.20. The first-order valence-corrected chi connectivity index (χ1v) is 6.55. The Bertz CT molecular complexity index is 562. The number of hydrogen-bond donors (Lipinski definition) is 0. The molecule has 0 spiro atoms. The highest BCUT2D eigenvalue weighted by atomic mass is 16.5. The van der Waals surface area contributed by atoms with Crippen LogP contribution in [0.5, 0.6) is 0 Å². The van der Waals surface area contributed by atoms with Gasteiger partial charge in [-0.2, -0.15) is 4.98 Å². The molecule has 0 bridgehead atoms. The second kappa shape index (κ2) is 4.64. The molecule has 1 unspecified atom stereocenters. The Morgan fingerprint density at radius 3 is 2.79 bits per heavy atom. The Hall–Kier alpha value is -1.92. The fourth-order valence-corrected chi connectivity index (χ4v) is 2.28. The molecule has 7 heteroatoms. The molecule has 19 heavy (non-hydrogen) atoms. The SMILES string of the molecule is Cc1nnc(N2CCCC2c2noc(C(C)C)n2)o1. The van der Waals surface area contributed by atoms with Crippen LogP contribution in [0.25, 0.3) is 0 Å². The maximum Gasteiger partial charge on any atom is 0.318 e. The average molecular weight is 263 g/mol. The van der Waals surface area contributed by atoms with Crippen LogP contribution in [0.15, 0.2) is 8.94 Å². The number of aryl methyl sites for hydroxylation is 1. The highest BCUT2D eigenvalue weighted by molar-refractivity contribution is 5.31. The zero-order chi connectivity index (χ0) is 13.4. The first-order valence-electron chi connectivity index (χ1n) is 6.55. The normalized spacial score (nSPS) is 19.6. The Morgan fingerprint density at radius 1 is 1.32 bits per heavy atom. The molecule has 0 amide bonds. The van der Waals surface area contributed by atoms with Crippen molar-refractivity contribution in [1.29, 1.82) is 0 Å². The van der Waals surface area contributed by atoms with Crippen LogP contribution in [-0.2, 0) is 0 Å². The minimum atomic E-state index is 0.0658. The zero-order valence-electron chi connectivity index (χ0n) is 11.3. The maximum atomic E-state index is 5.49. The van der Waals surface area contributed by atoms with E-state index in [1.54, 1.807) is 6.92 Å². The predicted molar refractivity (Wildman–Crippen MR) is 66.7 cm³/mol. The minimum Gasteiger partial charge on any atom is -0.408 e. The lowest BCUT2D eigenvalue weighted by Crippen LogP contribution is -2.23. The fraction of sp³-hybridized carbons (Fsp3) is 0.667. The number of aromatic nitrogens is 4. The molecule has 1 atom stereocenters. The van der Waals surface area contributed by atoms with Crippen molar-refractivity contribution in [3.05, 3.63) is 17.6 Å². The summed E-state index contributed by atoms with van der Waals surface area (Å²) in [5, 5.41) is 12.0. The molecule has 102 valence electrons. The molecule has 3 rings (SSSR count). The summed E-state index contributed by atoms with van der Waals surface area (Å²) in [5.41, 5.74) is 0. The van der Waals surface area contributed by atoms with Gasteiger partial charge < -0.3 is 13.8 Å². The van der Waals surface area contributed by atoms with Gasteiger partial charge in [-0.15, -0.1) is 5.10 Å². The van der Waals surface area contributed by atoms with Gasteiger partial charge in [0.15, 0.2) is 5.82 Å². The summed E-state index contributed by atoms with van der Waals surface area (Å²) in [4.78, 5) is 6.52. The van der Waals surface area contributed by atoms with E-state index in [1.807, 2.05) is 13.8 Å². The van der Waals surface area contributed by atoms with Gasteiger partial charge in [0, 0.05) is 19.4 Å². The van der Waals surface area contributed by atoms with Crippen molar-refractivity contribution in [2.24, 2.45) is 0 Å². The molecule has 2 aromatic rings. The molecule has 1 fully saturated rings. The van der Waals surface area contributed by atoms with Crippen molar-refractivity contribution in [2.75, 3.05) is 11.4 Å². The molecule has 0 aromatic carbocycles. The molecule has 0 aliphatic carbocycles. The van der Waals surface area contributed by atoms with E-state index < -0.39 is 0 Å². The van der Waals surface area contributed by atoms with E-state index in [-0.39, 0.29) is 12.0 Å². The van der Waals surface area contributed by atoms with Crippen molar-refractivity contribution in [1.82, 2.24) is 20.3 Å². The van der Waals surface area contributed by atoms with E-state index >= 15 is 0 Å². The van der Waals surface area contributed by atoms with E-state index in [1.165, 1.54) is 0 Å². The molecular weight excluding hydrogens is 246 g/mol. The highest BCUT2D eigenvalue weighted by Gasteiger charge is 2.33. The lowest BCUT2D eigenvalue weighted by molar-refractivity contribution is 0.357. The van der Waals surface area contributed by atoms with Gasteiger partial charge in [0.25, 0.3) is 0 Å². The quantitative estimate of drug-likeness (QED) is 0.839. The number of nitrogens with zero attached hydrogens (tertiary/aromatic N) is 5. The predicted octanol–water partition coefficient (Wildman–Crippen LogP) is 2.23. The van der Waals surface area contributed by atoms with E-state index in [9.17, 15) is 0 Å². The van der Waals surface area contributed by atoms with Crippen LogP contribution in [0.1, 0.15) is 56.3 Å². The minimum absolute atomic E-state index is 0.0658. The Balaban J connectivity index is 1.86. The Labute approximate surface area is 111 Å². The van der Waals surface area contributed by atoms with Gasteiger partial charge in [-0.05, 0) is 12.8 Å². The molecular formula is C12H17N5O2. The summed E-state index contributed by atoms with van der Waals surface area (Å²) >= 11 is 0. The summed E-state index contributed by atoms with van der Waals surface area (Å²) in [6, 6.07) is 0.604. The van der Waals surface area contributed by atoms with Gasteiger partial charge in [0.1, 0.15) is 0 Å². The summed E-state index contributed by atoms with van der Waals surface area (Å²) in [6.45, 7) is 6.72. The van der Waals surface area contributed by atoms with E-state index in [0.29, 0.717) is 23.6 Å². The number of hydrogen-bond acceptors (Lipinski definition) is 7. The van der Waals surface area contributed by atoms with Gasteiger partial charge in [-0.25, -0.2) is 0 Å². The van der Waals surface area contributed by atoms with Crippen LogP contribution in [0.4, 0.5) is 6.01 Å². The smallest absolute Gasteiger partial charge is 0.318 e. The van der Waals surface area contributed by atoms with Crippen molar-refractivity contribution in [3.63, 3.8) is 0 Å². The van der Waals surface area contributed by atoms with Crippen LogP contribution >= 0.6 is 0 Å². The molecule has 2 aromatic heterocycles. The van der Waals surface area contributed by atoms with Crippen molar-refractivity contribution in [2.45, 2.75) is 45.6 Å². The molecule has 7 nitrogen and oxygen atoms in total. The van der Waals surface area contributed by atoms with Crippen molar-refractivity contribution in [3.8, 4) is 0 Å². The third-order valence-electron chi connectivity index (χ3n) is 3.26. The molecule has 3 heterocycles. The average Bonchev–Trinajstić information content (AvgIpc) is 3.07. The lowest BCUT2D eigenvalue weighted by Gasteiger charge is -2.18. The van der Waals surface area contributed by atoms with Gasteiger partial charge in [0.2, 0.25) is 11.8 Å². The monoisotopic (exact) mass is 263 g/mol. The van der Waals surface area contributed by atoms with Crippen LogP contribution < -0.4 is 4.90 Å². The Kier molecular flexibility index (Phi) is 2.96. The summed E-state index contributed by atoms with van der Waals surface area (Å²) in [7, 11) is 0. The lowest BCUT2D eigenvalue weighted by atomic mass is 10.2. The van der Waals surface area contributed by atoms with Gasteiger partial charge in [0.05, 0.1) is 6.04 Å². The zero-order valence-corrected chi connectivity index (χ0v) is 11.3. The summed E-state index contributed by atoms with van der Waals surface area (Å²) in [5.74, 6) is 2.18. The maximum absolute atomic E-state index is 5.49. The summed E-state index contributed by atoms with van der Waals surface area (Å²) < 4.78 is 10.8. The van der Waals surface area contributed by atoms with Gasteiger partial charge in [-0.1, -0.05) is 24.1 Å². The van der Waals surface area contributed by atoms with Crippen LogP contribution in [-0.4, -0.2) is 26.9 Å². The van der Waals surface area contributed by atoms with Crippen molar-refractivity contribution >= 4 is 6.01 Å². The highest BCUT2D eigenvalue weighted by Crippen LogP contribution is 2.34.